The molecule has 0 bridgehead atoms. The molecular weight excluding hydrogens is 351 g/mol. The first kappa shape index (κ1) is 17.1. The third kappa shape index (κ3) is 3.50. The van der Waals surface area contributed by atoms with Crippen LogP contribution >= 0.6 is 23.2 Å². The lowest BCUT2D eigenvalue weighted by Crippen LogP contribution is -2.32. The van der Waals surface area contributed by atoms with Crippen molar-refractivity contribution in [3.63, 3.8) is 0 Å². The second-order valence-corrected chi connectivity index (χ2v) is 6.50. The fraction of sp³-hybridized carbons (Fsp3) is 0.375. The Balaban J connectivity index is 2.06. The number of rotatable bonds is 2. The molecular formula is C16H18Cl2N4O2. The van der Waals surface area contributed by atoms with Crippen LogP contribution in [0.2, 0.25) is 10.0 Å². The van der Waals surface area contributed by atoms with Crippen molar-refractivity contribution in [2.24, 2.45) is 0 Å². The second kappa shape index (κ2) is 7.01. The summed E-state index contributed by atoms with van der Waals surface area (Å²) in [5.74, 6) is 0.896. The number of benzene rings is 1. The minimum Gasteiger partial charge on any atom is -0.506 e. The molecule has 6 nitrogen and oxygen atoms in total. The largest absolute Gasteiger partial charge is 0.506 e. The maximum Gasteiger partial charge on any atom is 0.222 e. The molecule has 1 aliphatic heterocycles. The van der Waals surface area contributed by atoms with Crippen LogP contribution < -0.4 is 10.6 Å². The molecule has 0 aliphatic carbocycles. The Morgan fingerprint density at radius 3 is 2.79 bits per heavy atom. The first-order valence-electron chi connectivity index (χ1n) is 7.59. The molecule has 3 rings (SSSR count). The lowest BCUT2D eigenvalue weighted by Gasteiger charge is -2.31. The van der Waals surface area contributed by atoms with Crippen molar-refractivity contribution in [3.8, 4) is 5.75 Å². The van der Waals surface area contributed by atoms with Crippen molar-refractivity contribution >= 4 is 35.0 Å². The molecule has 2 heterocycles. The average molecular weight is 369 g/mol. The Kier molecular flexibility index (Phi) is 4.99. The molecule has 8 heteroatoms. The molecule has 1 aliphatic rings. The quantitative estimate of drug-likeness (QED) is 0.845. The molecule has 24 heavy (non-hydrogen) atoms. The maximum atomic E-state index is 9.74. The second-order valence-electron chi connectivity index (χ2n) is 5.69. The standard InChI is InChI=1S/C16H18Cl2N4O2/c1-9-5-15(21-16(19)20-9)22-3-2-4-24-8-13(22)10-6-12(18)14(23)7-11(10)17/h5-7,13,23H,2-4,8H2,1H3,(H2,19,20,21)/t13-/m1/s1. The van der Waals surface area contributed by atoms with Crippen LogP contribution in [0, 0.1) is 6.92 Å². The summed E-state index contributed by atoms with van der Waals surface area (Å²) < 4.78 is 5.72. The molecule has 0 spiro atoms. The Hall–Kier alpha value is -1.76. The number of phenols is 1. The smallest absolute Gasteiger partial charge is 0.222 e. The number of ether oxygens (including phenoxy) is 1. The molecule has 1 aromatic heterocycles. The first-order valence-corrected chi connectivity index (χ1v) is 8.34. The van der Waals surface area contributed by atoms with Gasteiger partial charge in [-0.2, -0.15) is 4.98 Å². The van der Waals surface area contributed by atoms with Crippen LogP contribution in [0.3, 0.4) is 0 Å². The fourth-order valence-corrected chi connectivity index (χ4v) is 3.29. The van der Waals surface area contributed by atoms with Gasteiger partial charge in [-0.3, -0.25) is 0 Å². The number of nitrogens with two attached hydrogens (primary N) is 1. The summed E-state index contributed by atoms with van der Waals surface area (Å²) in [5.41, 5.74) is 7.37. The number of phenolic OH excluding ortho intramolecular Hbond substituents is 1. The lowest BCUT2D eigenvalue weighted by atomic mass is 10.1. The lowest BCUT2D eigenvalue weighted by molar-refractivity contribution is 0.134. The number of nitrogens with zero attached hydrogens (tertiary/aromatic N) is 3. The zero-order chi connectivity index (χ0) is 17.3. The zero-order valence-corrected chi connectivity index (χ0v) is 14.7. The summed E-state index contributed by atoms with van der Waals surface area (Å²) in [4.78, 5) is 10.6. The van der Waals surface area contributed by atoms with E-state index in [9.17, 15) is 5.11 Å². The third-order valence-corrected chi connectivity index (χ3v) is 4.55. The summed E-state index contributed by atoms with van der Waals surface area (Å²) in [6.07, 6.45) is 0.850. The summed E-state index contributed by atoms with van der Waals surface area (Å²) in [6, 6.07) is 4.81. The number of halogens is 2. The highest BCUT2D eigenvalue weighted by Crippen LogP contribution is 2.37. The minimum absolute atomic E-state index is 0.0476. The predicted octanol–water partition coefficient (Wildman–Crippen LogP) is 3.35. The van der Waals surface area contributed by atoms with E-state index < -0.39 is 0 Å². The van der Waals surface area contributed by atoms with Gasteiger partial charge in [0.05, 0.1) is 17.7 Å². The Morgan fingerprint density at radius 1 is 1.25 bits per heavy atom. The highest BCUT2D eigenvalue weighted by atomic mass is 35.5. The van der Waals surface area contributed by atoms with E-state index in [1.54, 1.807) is 6.07 Å². The van der Waals surface area contributed by atoms with Crippen LogP contribution in [-0.2, 0) is 4.74 Å². The van der Waals surface area contributed by atoms with Gasteiger partial charge in [0, 0.05) is 36.0 Å². The van der Waals surface area contributed by atoms with Crippen LogP contribution in [-0.4, -0.2) is 34.8 Å². The molecule has 0 radical (unpaired) electrons. The Morgan fingerprint density at radius 2 is 2.04 bits per heavy atom. The number of aromatic hydroxyl groups is 1. The molecule has 0 saturated carbocycles. The topological polar surface area (TPSA) is 84.5 Å². The third-order valence-electron chi connectivity index (χ3n) is 3.92. The van der Waals surface area contributed by atoms with E-state index in [-0.39, 0.29) is 22.8 Å². The van der Waals surface area contributed by atoms with Crippen LogP contribution in [0.15, 0.2) is 18.2 Å². The van der Waals surface area contributed by atoms with Crippen molar-refractivity contribution in [2.75, 3.05) is 30.4 Å². The first-order chi connectivity index (χ1) is 11.5. The summed E-state index contributed by atoms with van der Waals surface area (Å²) in [5, 5.41) is 10.4. The highest BCUT2D eigenvalue weighted by molar-refractivity contribution is 6.34. The van der Waals surface area contributed by atoms with Crippen LogP contribution in [0.25, 0.3) is 0 Å². The summed E-state index contributed by atoms with van der Waals surface area (Å²) in [6.45, 7) is 3.68. The maximum absolute atomic E-state index is 9.74. The summed E-state index contributed by atoms with van der Waals surface area (Å²) in [7, 11) is 0. The monoisotopic (exact) mass is 368 g/mol. The molecule has 2 aromatic rings. The van der Waals surface area contributed by atoms with Gasteiger partial charge in [-0.1, -0.05) is 23.2 Å². The van der Waals surface area contributed by atoms with E-state index in [0.29, 0.717) is 18.2 Å². The molecule has 1 aromatic carbocycles. The van der Waals surface area contributed by atoms with Gasteiger partial charge in [0.15, 0.2) is 0 Å². The van der Waals surface area contributed by atoms with Gasteiger partial charge in [-0.25, -0.2) is 4.98 Å². The van der Waals surface area contributed by atoms with E-state index in [0.717, 1.165) is 30.0 Å². The van der Waals surface area contributed by atoms with Crippen LogP contribution in [0.1, 0.15) is 23.7 Å². The predicted molar refractivity (Wildman–Crippen MR) is 94.8 cm³/mol. The number of hydrogen-bond donors (Lipinski definition) is 2. The number of aromatic nitrogens is 2. The molecule has 0 unspecified atom stereocenters. The Bertz CT molecular complexity index is 737. The van der Waals surface area contributed by atoms with Gasteiger partial charge in [-0.15, -0.1) is 0 Å². The van der Waals surface area contributed by atoms with E-state index in [1.165, 1.54) is 6.07 Å². The minimum atomic E-state index is -0.188. The molecule has 0 amide bonds. The van der Waals surface area contributed by atoms with E-state index in [4.69, 9.17) is 33.7 Å². The van der Waals surface area contributed by atoms with Crippen molar-refractivity contribution in [2.45, 2.75) is 19.4 Å². The molecule has 128 valence electrons. The summed E-state index contributed by atoms with van der Waals surface area (Å²) >= 11 is 12.4. The molecule has 1 atom stereocenters. The van der Waals surface area contributed by atoms with Crippen molar-refractivity contribution < 1.29 is 9.84 Å². The van der Waals surface area contributed by atoms with Crippen molar-refractivity contribution in [3.05, 3.63) is 39.5 Å². The molecule has 1 saturated heterocycles. The zero-order valence-electron chi connectivity index (χ0n) is 13.2. The average Bonchev–Trinajstić information content (AvgIpc) is 2.75. The van der Waals surface area contributed by atoms with Crippen molar-refractivity contribution in [1.29, 1.82) is 0 Å². The van der Waals surface area contributed by atoms with E-state index in [2.05, 4.69) is 14.9 Å². The Labute approximate surface area is 150 Å². The highest BCUT2D eigenvalue weighted by Gasteiger charge is 2.27. The van der Waals surface area contributed by atoms with Gasteiger partial charge >= 0.3 is 0 Å². The normalized spacial score (nSPS) is 18.5. The van der Waals surface area contributed by atoms with Gasteiger partial charge in [0.1, 0.15) is 11.6 Å². The number of nitrogen functional groups attached to an aromatic ring is 1. The number of anilines is 2. The SMILES string of the molecule is Cc1cc(N2CCCOC[C@@H]2c2cc(Cl)c(O)cc2Cl)nc(N)n1. The molecule has 1 fully saturated rings. The molecule has 3 N–H and O–H groups in total. The van der Waals surface area contributed by atoms with Gasteiger partial charge < -0.3 is 20.5 Å². The fourth-order valence-electron chi connectivity index (χ4n) is 2.84. The number of hydrogen-bond acceptors (Lipinski definition) is 6. The van der Waals surface area contributed by atoms with Crippen LogP contribution in [0.4, 0.5) is 11.8 Å². The van der Waals surface area contributed by atoms with Gasteiger partial charge in [0.25, 0.3) is 0 Å². The van der Waals surface area contributed by atoms with Gasteiger partial charge in [-0.05, 0) is 25.0 Å². The van der Waals surface area contributed by atoms with Crippen molar-refractivity contribution in [1.82, 2.24) is 9.97 Å². The van der Waals surface area contributed by atoms with Crippen LogP contribution in [0.5, 0.6) is 5.75 Å². The van der Waals surface area contributed by atoms with E-state index >= 15 is 0 Å². The van der Waals surface area contributed by atoms with Gasteiger partial charge in [0.2, 0.25) is 5.95 Å². The van der Waals surface area contributed by atoms with E-state index in [1.807, 2.05) is 13.0 Å². The number of aryl methyl sites for hydroxylation is 1.